The van der Waals surface area contributed by atoms with Crippen molar-refractivity contribution < 1.29 is 28.6 Å². The molecule has 0 saturated heterocycles. The summed E-state index contributed by atoms with van der Waals surface area (Å²) in [6.07, 6.45) is 52.4. The first-order valence-electron chi connectivity index (χ1n) is 23.7. The average Bonchev–Trinajstić information content (AvgIpc) is 3.19. The Bertz CT molecular complexity index is 996. The molecular weight excluding hydrogens is 697 g/mol. The molecule has 324 valence electrons. The van der Waals surface area contributed by atoms with E-state index in [0.29, 0.717) is 19.3 Å². The highest BCUT2D eigenvalue weighted by Gasteiger charge is 2.19. The third-order valence-electron chi connectivity index (χ3n) is 10.1. The Kier molecular flexibility index (Phi) is 43.0. The van der Waals surface area contributed by atoms with Crippen LogP contribution in [-0.4, -0.2) is 37.2 Å². The van der Waals surface area contributed by atoms with E-state index in [1.165, 1.54) is 128 Å². The lowest BCUT2D eigenvalue weighted by Crippen LogP contribution is -2.30. The molecule has 0 spiro atoms. The van der Waals surface area contributed by atoms with E-state index < -0.39 is 6.10 Å². The standard InChI is InChI=1S/C50H88O6/c1-4-7-10-13-16-19-22-24-25-27-28-31-34-37-40-43-49(52)55-46-47(45-54-48(51)42-39-36-33-30-21-18-15-12-9-6-3)56-50(53)44-41-38-35-32-29-26-23-20-17-14-11-8-5-2/h16,19,22,24,26,29,35,38,47H,4-15,17-18,20-21,23,25,27-28,30-34,36-37,39-46H2,1-3H3/b19-16-,24-22-,29-26-,38-35-. The molecule has 0 aromatic rings. The highest BCUT2D eigenvalue weighted by molar-refractivity contribution is 5.71. The lowest BCUT2D eigenvalue weighted by Gasteiger charge is -2.18. The maximum absolute atomic E-state index is 12.7. The van der Waals surface area contributed by atoms with E-state index in [1.807, 2.05) is 6.08 Å². The van der Waals surface area contributed by atoms with Crippen LogP contribution in [0, 0.1) is 0 Å². The first-order valence-corrected chi connectivity index (χ1v) is 23.7. The molecule has 0 aromatic heterocycles. The van der Waals surface area contributed by atoms with Gasteiger partial charge in [0.2, 0.25) is 0 Å². The predicted octanol–water partition coefficient (Wildman–Crippen LogP) is 15.1. The molecule has 0 aliphatic rings. The maximum atomic E-state index is 12.7. The first kappa shape index (κ1) is 53.4. The zero-order valence-corrected chi connectivity index (χ0v) is 36.9. The second kappa shape index (κ2) is 45.1. The number of ether oxygens (including phenoxy) is 3. The third kappa shape index (κ3) is 42.5. The van der Waals surface area contributed by atoms with Gasteiger partial charge in [0.05, 0.1) is 0 Å². The predicted molar refractivity (Wildman–Crippen MR) is 238 cm³/mol. The van der Waals surface area contributed by atoms with E-state index in [-0.39, 0.29) is 37.5 Å². The van der Waals surface area contributed by atoms with Crippen LogP contribution in [-0.2, 0) is 28.6 Å². The van der Waals surface area contributed by atoms with Crippen molar-refractivity contribution in [1.29, 1.82) is 0 Å². The Hall–Kier alpha value is -2.63. The number of allylic oxidation sites excluding steroid dienone is 8. The van der Waals surface area contributed by atoms with Crippen LogP contribution in [0.25, 0.3) is 0 Å². The van der Waals surface area contributed by atoms with E-state index in [9.17, 15) is 14.4 Å². The van der Waals surface area contributed by atoms with Gasteiger partial charge in [-0.25, -0.2) is 0 Å². The lowest BCUT2D eigenvalue weighted by atomic mass is 10.1. The number of unbranched alkanes of at least 4 members (excludes halogenated alkanes) is 24. The molecule has 0 aliphatic heterocycles. The van der Waals surface area contributed by atoms with Gasteiger partial charge in [0.1, 0.15) is 13.2 Å². The fourth-order valence-corrected chi connectivity index (χ4v) is 6.48. The molecule has 0 heterocycles. The average molecular weight is 785 g/mol. The Morgan fingerprint density at radius 2 is 0.732 bits per heavy atom. The monoisotopic (exact) mass is 785 g/mol. The summed E-state index contributed by atoms with van der Waals surface area (Å²) in [5.41, 5.74) is 0. The summed E-state index contributed by atoms with van der Waals surface area (Å²) in [4.78, 5) is 37.7. The van der Waals surface area contributed by atoms with Crippen LogP contribution in [0.3, 0.4) is 0 Å². The van der Waals surface area contributed by atoms with Crippen molar-refractivity contribution in [2.75, 3.05) is 13.2 Å². The summed E-state index contributed by atoms with van der Waals surface area (Å²) in [5.74, 6) is -0.979. The molecule has 56 heavy (non-hydrogen) atoms. The van der Waals surface area contributed by atoms with Crippen molar-refractivity contribution in [2.45, 2.75) is 239 Å². The normalized spacial score (nSPS) is 12.4. The maximum Gasteiger partial charge on any atom is 0.306 e. The summed E-state index contributed by atoms with van der Waals surface area (Å²) >= 11 is 0. The largest absolute Gasteiger partial charge is 0.462 e. The van der Waals surface area contributed by atoms with Crippen molar-refractivity contribution in [3.8, 4) is 0 Å². The molecule has 6 heteroatoms. The van der Waals surface area contributed by atoms with Gasteiger partial charge in [0.15, 0.2) is 6.10 Å². The topological polar surface area (TPSA) is 78.9 Å². The van der Waals surface area contributed by atoms with Crippen molar-refractivity contribution in [1.82, 2.24) is 0 Å². The third-order valence-corrected chi connectivity index (χ3v) is 10.1. The van der Waals surface area contributed by atoms with Gasteiger partial charge in [0.25, 0.3) is 0 Å². The minimum Gasteiger partial charge on any atom is -0.462 e. The number of hydrogen-bond acceptors (Lipinski definition) is 6. The lowest BCUT2D eigenvalue weighted by molar-refractivity contribution is -0.166. The number of rotatable bonds is 42. The number of esters is 3. The molecule has 0 rings (SSSR count). The van der Waals surface area contributed by atoms with E-state index >= 15 is 0 Å². The van der Waals surface area contributed by atoms with Crippen LogP contribution >= 0.6 is 0 Å². The SMILES string of the molecule is CCCCC/C=C\C=C/CCCCCCCCC(=O)OCC(COC(=O)CCCCCCCCCCCC)OC(=O)CC/C=C\C/C=C\CCCCCCCC. The van der Waals surface area contributed by atoms with Crippen LogP contribution in [0.15, 0.2) is 48.6 Å². The summed E-state index contributed by atoms with van der Waals surface area (Å²) in [6, 6.07) is 0. The summed E-state index contributed by atoms with van der Waals surface area (Å²) < 4.78 is 16.6. The summed E-state index contributed by atoms with van der Waals surface area (Å²) in [5, 5.41) is 0. The molecule has 0 saturated carbocycles. The molecule has 0 aromatic carbocycles. The van der Waals surface area contributed by atoms with Gasteiger partial charge in [-0.1, -0.05) is 198 Å². The molecule has 0 fully saturated rings. The Morgan fingerprint density at radius 1 is 0.375 bits per heavy atom. The Balaban J connectivity index is 4.44. The van der Waals surface area contributed by atoms with Crippen LogP contribution in [0.4, 0.5) is 0 Å². The van der Waals surface area contributed by atoms with E-state index in [2.05, 4.69) is 63.3 Å². The zero-order valence-electron chi connectivity index (χ0n) is 36.9. The van der Waals surface area contributed by atoms with Crippen molar-refractivity contribution >= 4 is 17.9 Å². The van der Waals surface area contributed by atoms with E-state index in [0.717, 1.165) is 57.8 Å². The molecule has 0 N–H and O–H groups in total. The highest BCUT2D eigenvalue weighted by Crippen LogP contribution is 2.13. The molecule has 0 bridgehead atoms. The van der Waals surface area contributed by atoms with Crippen LogP contribution < -0.4 is 0 Å². The molecule has 1 atom stereocenters. The number of carbonyl (C=O) groups is 3. The number of hydrogen-bond donors (Lipinski definition) is 0. The van der Waals surface area contributed by atoms with Crippen LogP contribution in [0.1, 0.15) is 233 Å². The van der Waals surface area contributed by atoms with Crippen LogP contribution in [0.5, 0.6) is 0 Å². The fraction of sp³-hybridized carbons (Fsp3) is 0.780. The van der Waals surface area contributed by atoms with Gasteiger partial charge < -0.3 is 14.2 Å². The van der Waals surface area contributed by atoms with Gasteiger partial charge in [-0.15, -0.1) is 0 Å². The Morgan fingerprint density at radius 3 is 1.20 bits per heavy atom. The molecular formula is C50H88O6. The minimum absolute atomic E-state index is 0.0979. The molecule has 0 radical (unpaired) electrons. The van der Waals surface area contributed by atoms with Gasteiger partial charge >= 0.3 is 17.9 Å². The highest BCUT2D eigenvalue weighted by atomic mass is 16.6. The van der Waals surface area contributed by atoms with Gasteiger partial charge in [-0.3, -0.25) is 14.4 Å². The van der Waals surface area contributed by atoms with Crippen molar-refractivity contribution in [3.63, 3.8) is 0 Å². The first-order chi connectivity index (χ1) is 27.5. The quantitative estimate of drug-likeness (QED) is 0.0202. The van der Waals surface area contributed by atoms with Gasteiger partial charge in [-0.2, -0.15) is 0 Å². The second-order valence-corrected chi connectivity index (χ2v) is 15.7. The van der Waals surface area contributed by atoms with E-state index in [4.69, 9.17) is 14.2 Å². The van der Waals surface area contributed by atoms with Crippen molar-refractivity contribution in [3.05, 3.63) is 48.6 Å². The number of carbonyl (C=O) groups excluding carboxylic acids is 3. The molecule has 1 unspecified atom stereocenters. The van der Waals surface area contributed by atoms with E-state index in [1.54, 1.807) is 0 Å². The fourth-order valence-electron chi connectivity index (χ4n) is 6.48. The zero-order chi connectivity index (χ0) is 40.8. The second-order valence-electron chi connectivity index (χ2n) is 15.7. The Labute approximate surface area is 346 Å². The molecule has 6 nitrogen and oxygen atoms in total. The smallest absolute Gasteiger partial charge is 0.306 e. The molecule has 0 aliphatic carbocycles. The van der Waals surface area contributed by atoms with Gasteiger partial charge in [0, 0.05) is 19.3 Å². The minimum atomic E-state index is -0.803. The summed E-state index contributed by atoms with van der Waals surface area (Å²) in [7, 11) is 0. The summed E-state index contributed by atoms with van der Waals surface area (Å²) in [6.45, 7) is 6.52. The van der Waals surface area contributed by atoms with Crippen LogP contribution in [0.2, 0.25) is 0 Å². The molecule has 0 amide bonds. The van der Waals surface area contributed by atoms with Crippen molar-refractivity contribution in [2.24, 2.45) is 0 Å². The van der Waals surface area contributed by atoms with Gasteiger partial charge in [-0.05, 0) is 64.2 Å².